The highest BCUT2D eigenvalue weighted by molar-refractivity contribution is 6.29. The highest BCUT2D eigenvalue weighted by Crippen LogP contribution is 2.18. The van der Waals surface area contributed by atoms with Crippen molar-refractivity contribution in [3.05, 3.63) is 46.6 Å². The Balaban J connectivity index is 2.30. The van der Waals surface area contributed by atoms with Crippen molar-refractivity contribution in [2.24, 2.45) is 0 Å². The molecule has 0 saturated heterocycles. The van der Waals surface area contributed by atoms with E-state index in [-0.39, 0.29) is 17.0 Å². The van der Waals surface area contributed by atoms with Crippen LogP contribution in [0.15, 0.2) is 24.3 Å². The van der Waals surface area contributed by atoms with Crippen LogP contribution >= 0.6 is 11.6 Å². The Hall–Kier alpha value is -2.28. The summed E-state index contributed by atoms with van der Waals surface area (Å²) >= 11 is 5.69. The average Bonchev–Trinajstić information content (AvgIpc) is 2.37. The molecular formula is C12H8ClF2N3O2. The van der Waals surface area contributed by atoms with Gasteiger partial charge in [0.1, 0.15) is 22.4 Å². The molecule has 0 spiro atoms. The molecule has 0 fully saturated rings. The maximum atomic E-state index is 13.4. The number of anilines is 1. The van der Waals surface area contributed by atoms with Crippen LogP contribution in [0.1, 0.15) is 10.4 Å². The van der Waals surface area contributed by atoms with Crippen LogP contribution in [0.4, 0.5) is 14.7 Å². The van der Waals surface area contributed by atoms with Gasteiger partial charge in [-0.05, 0) is 12.1 Å². The molecule has 1 aromatic heterocycles. The Morgan fingerprint density at radius 2 is 1.95 bits per heavy atom. The standard InChI is InChI=1S/C12H8ClF2N3O2/c1-20-9-5-8(13)16-12(17-9)18-11(19)10-6(14)3-2-4-7(10)15/h2-5H,1H3,(H,16,17,18,19). The van der Waals surface area contributed by atoms with Crippen LogP contribution in [0.2, 0.25) is 5.15 Å². The van der Waals surface area contributed by atoms with Crippen LogP contribution in [0.25, 0.3) is 0 Å². The number of halogens is 3. The van der Waals surface area contributed by atoms with Crippen molar-refractivity contribution >= 4 is 23.5 Å². The van der Waals surface area contributed by atoms with Crippen molar-refractivity contribution in [3.8, 4) is 5.88 Å². The minimum Gasteiger partial charge on any atom is -0.481 e. The topological polar surface area (TPSA) is 64.1 Å². The van der Waals surface area contributed by atoms with E-state index < -0.39 is 23.1 Å². The van der Waals surface area contributed by atoms with Gasteiger partial charge in [-0.3, -0.25) is 10.1 Å². The molecule has 20 heavy (non-hydrogen) atoms. The number of rotatable bonds is 3. The summed E-state index contributed by atoms with van der Waals surface area (Å²) in [5, 5.41) is 2.16. The molecule has 0 aliphatic heterocycles. The van der Waals surface area contributed by atoms with Crippen LogP contribution < -0.4 is 10.1 Å². The minimum absolute atomic E-state index is 0.0150. The molecule has 0 aliphatic rings. The number of hydrogen-bond donors (Lipinski definition) is 1. The zero-order valence-corrected chi connectivity index (χ0v) is 10.9. The van der Waals surface area contributed by atoms with E-state index in [9.17, 15) is 13.6 Å². The van der Waals surface area contributed by atoms with Crippen LogP contribution in [-0.2, 0) is 0 Å². The van der Waals surface area contributed by atoms with Crippen LogP contribution in [0.5, 0.6) is 5.88 Å². The third kappa shape index (κ3) is 3.00. The largest absolute Gasteiger partial charge is 0.481 e. The fraction of sp³-hybridized carbons (Fsp3) is 0.0833. The molecule has 1 N–H and O–H groups in total. The maximum Gasteiger partial charge on any atom is 0.263 e. The molecule has 0 aliphatic carbocycles. The highest BCUT2D eigenvalue weighted by Gasteiger charge is 2.18. The average molecular weight is 300 g/mol. The van der Waals surface area contributed by atoms with Gasteiger partial charge in [-0.1, -0.05) is 17.7 Å². The molecule has 0 saturated carbocycles. The van der Waals surface area contributed by atoms with Gasteiger partial charge in [-0.15, -0.1) is 0 Å². The summed E-state index contributed by atoms with van der Waals surface area (Å²) in [7, 11) is 1.35. The molecule has 2 aromatic rings. The van der Waals surface area contributed by atoms with Crippen LogP contribution in [-0.4, -0.2) is 23.0 Å². The lowest BCUT2D eigenvalue weighted by Crippen LogP contribution is -2.17. The Bertz CT molecular complexity index is 647. The molecule has 104 valence electrons. The van der Waals surface area contributed by atoms with Crippen molar-refractivity contribution in [2.45, 2.75) is 0 Å². The predicted molar refractivity (Wildman–Crippen MR) is 67.9 cm³/mol. The second-order valence-corrected chi connectivity index (χ2v) is 3.99. The van der Waals surface area contributed by atoms with Crippen molar-refractivity contribution in [1.82, 2.24) is 9.97 Å². The van der Waals surface area contributed by atoms with E-state index in [1.54, 1.807) is 0 Å². The van der Waals surface area contributed by atoms with Crippen molar-refractivity contribution in [2.75, 3.05) is 12.4 Å². The number of carbonyl (C=O) groups excluding carboxylic acids is 1. The predicted octanol–water partition coefficient (Wildman–Crippen LogP) is 2.67. The lowest BCUT2D eigenvalue weighted by molar-refractivity contribution is 0.101. The number of hydrogen-bond acceptors (Lipinski definition) is 4. The van der Waals surface area contributed by atoms with Gasteiger partial charge in [0.15, 0.2) is 0 Å². The van der Waals surface area contributed by atoms with Gasteiger partial charge >= 0.3 is 0 Å². The first kappa shape index (κ1) is 14.1. The second-order valence-electron chi connectivity index (χ2n) is 3.61. The Morgan fingerprint density at radius 1 is 1.30 bits per heavy atom. The summed E-state index contributed by atoms with van der Waals surface area (Å²) in [6.45, 7) is 0. The minimum atomic E-state index is -1.02. The molecule has 1 heterocycles. The first-order chi connectivity index (χ1) is 9.51. The summed E-state index contributed by atoms with van der Waals surface area (Å²) in [6.07, 6.45) is 0. The van der Waals surface area contributed by atoms with Crippen molar-refractivity contribution < 1.29 is 18.3 Å². The lowest BCUT2D eigenvalue weighted by Gasteiger charge is -2.07. The normalized spacial score (nSPS) is 10.2. The fourth-order valence-corrected chi connectivity index (χ4v) is 1.61. The van der Waals surface area contributed by atoms with E-state index >= 15 is 0 Å². The maximum absolute atomic E-state index is 13.4. The van der Waals surface area contributed by atoms with Gasteiger partial charge < -0.3 is 4.74 Å². The Labute approximate surface area is 117 Å². The van der Waals surface area contributed by atoms with Gasteiger partial charge in [-0.2, -0.15) is 4.98 Å². The molecular weight excluding hydrogens is 292 g/mol. The number of amides is 1. The van der Waals surface area contributed by atoms with E-state index in [1.165, 1.54) is 13.2 Å². The molecule has 8 heteroatoms. The van der Waals surface area contributed by atoms with Crippen LogP contribution in [0, 0.1) is 11.6 Å². The van der Waals surface area contributed by atoms with Gasteiger partial charge in [0.05, 0.1) is 7.11 Å². The number of benzene rings is 1. The van der Waals surface area contributed by atoms with E-state index in [1.807, 2.05) is 0 Å². The molecule has 1 amide bonds. The number of nitrogens with zero attached hydrogens (tertiary/aromatic N) is 2. The second kappa shape index (κ2) is 5.79. The monoisotopic (exact) mass is 299 g/mol. The number of methoxy groups -OCH3 is 1. The van der Waals surface area contributed by atoms with E-state index in [2.05, 4.69) is 15.3 Å². The van der Waals surface area contributed by atoms with Gasteiger partial charge in [0.25, 0.3) is 5.91 Å². The molecule has 2 rings (SSSR count). The number of ether oxygens (including phenoxy) is 1. The molecule has 0 atom stereocenters. The third-order valence-electron chi connectivity index (χ3n) is 2.30. The summed E-state index contributed by atoms with van der Waals surface area (Å²) in [6, 6.07) is 4.41. The summed E-state index contributed by atoms with van der Waals surface area (Å²) in [5.74, 6) is -3.12. The Kier molecular flexibility index (Phi) is 4.09. The number of carbonyl (C=O) groups is 1. The molecule has 1 aromatic carbocycles. The molecule has 0 radical (unpaired) electrons. The van der Waals surface area contributed by atoms with Gasteiger partial charge in [0.2, 0.25) is 11.8 Å². The smallest absolute Gasteiger partial charge is 0.263 e. The van der Waals surface area contributed by atoms with E-state index in [0.717, 1.165) is 18.2 Å². The van der Waals surface area contributed by atoms with Crippen LogP contribution in [0.3, 0.4) is 0 Å². The highest BCUT2D eigenvalue weighted by atomic mass is 35.5. The summed E-state index contributed by atoms with van der Waals surface area (Å²) < 4.78 is 31.7. The first-order valence-electron chi connectivity index (χ1n) is 5.35. The van der Waals surface area contributed by atoms with Gasteiger partial charge in [0, 0.05) is 6.07 Å². The molecule has 0 bridgehead atoms. The summed E-state index contributed by atoms with van der Waals surface area (Å²) in [4.78, 5) is 19.3. The number of aromatic nitrogens is 2. The zero-order chi connectivity index (χ0) is 14.7. The van der Waals surface area contributed by atoms with E-state index in [4.69, 9.17) is 16.3 Å². The first-order valence-corrected chi connectivity index (χ1v) is 5.73. The fourth-order valence-electron chi connectivity index (χ4n) is 1.44. The quantitative estimate of drug-likeness (QED) is 0.885. The lowest BCUT2D eigenvalue weighted by atomic mass is 10.2. The third-order valence-corrected chi connectivity index (χ3v) is 2.49. The van der Waals surface area contributed by atoms with Crippen molar-refractivity contribution in [3.63, 3.8) is 0 Å². The molecule has 0 unspecified atom stereocenters. The molecule has 5 nitrogen and oxygen atoms in total. The van der Waals surface area contributed by atoms with E-state index in [0.29, 0.717) is 0 Å². The SMILES string of the molecule is COc1cc(Cl)nc(NC(=O)c2c(F)cccc2F)n1. The Morgan fingerprint density at radius 3 is 2.55 bits per heavy atom. The van der Waals surface area contributed by atoms with Crippen molar-refractivity contribution in [1.29, 1.82) is 0 Å². The summed E-state index contributed by atoms with van der Waals surface area (Å²) in [5.41, 5.74) is -0.727. The number of nitrogens with one attached hydrogen (secondary N) is 1. The zero-order valence-electron chi connectivity index (χ0n) is 10.2. The van der Waals surface area contributed by atoms with Gasteiger partial charge in [-0.25, -0.2) is 13.8 Å².